The van der Waals surface area contributed by atoms with E-state index in [0.29, 0.717) is 6.61 Å². The molecule has 1 N–H and O–H groups in total. The molecule has 0 radical (unpaired) electrons. The van der Waals surface area contributed by atoms with Crippen molar-refractivity contribution in [1.82, 2.24) is 5.32 Å². The predicted molar refractivity (Wildman–Crippen MR) is 83.8 cm³/mol. The first-order valence-electron chi connectivity index (χ1n) is 7.14. The quantitative estimate of drug-likeness (QED) is 0.896. The van der Waals surface area contributed by atoms with Gasteiger partial charge in [-0.3, -0.25) is 0 Å². The van der Waals surface area contributed by atoms with Crippen LogP contribution in [0.3, 0.4) is 0 Å². The molecule has 120 valence electrons. The first-order valence-corrected chi connectivity index (χ1v) is 7.14. The van der Waals surface area contributed by atoms with Crippen LogP contribution in [0.2, 0.25) is 0 Å². The zero-order valence-electron chi connectivity index (χ0n) is 13.2. The van der Waals surface area contributed by atoms with Gasteiger partial charge in [0.05, 0.1) is 0 Å². The van der Waals surface area contributed by atoms with E-state index in [4.69, 9.17) is 4.74 Å². The number of halogens is 2. The summed E-state index contributed by atoms with van der Waals surface area (Å²) >= 11 is 0. The van der Waals surface area contributed by atoms with E-state index in [1.165, 1.54) is 12.1 Å². The van der Waals surface area contributed by atoms with E-state index in [-0.39, 0.29) is 23.8 Å². The fraction of sp³-hybridized carbons (Fsp3) is 0.333. The highest BCUT2D eigenvalue weighted by atomic mass is 35.5. The smallest absolute Gasteiger partial charge is 0.124 e. The van der Waals surface area contributed by atoms with Crippen molar-refractivity contribution < 1.29 is 21.5 Å². The minimum absolute atomic E-state index is 0. The van der Waals surface area contributed by atoms with E-state index in [1.54, 1.807) is 12.1 Å². The summed E-state index contributed by atoms with van der Waals surface area (Å²) in [6, 6.07) is 14.4. The summed E-state index contributed by atoms with van der Waals surface area (Å²) in [4.78, 5) is 0. The molecule has 0 saturated heterocycles. The Labute approximate surface area is 138 Å². The van der Waals surface area contributed by atoms with Crippen molar-refractivity contribution in [2.75, 3.05) is 0 Å². The van der Waals surface area contributed by atoms with Crippen LogP contribution in [0.1, 0.15) is 31.9 Å². The van der Waals surface area contributed by atoms with Crippen molar-refractivity contribution in [3.63, 3.8) is 0 Å². The standard InChI is InChI=1S/C18H22FNO.ClH/c1-18(2,3)20-12-15-6-4-5-7-17(15)21-13-14-8-10-16(19)11-9-14;/h4-11,20H,12-13H2,1-3H3;1H/p-1. The zero-order valence-corrected chi connectivity index (χ0v) is 14.0. The van der Waals surface area contributed by atoms with Crippen molar-refractivity contribution in [3.05, 3.63) is 65.5 Å². The Hall–Kier alpha value is -1.58. The Morgan fingerprint density at radius 2 is 1.64 bits per heavy atom. The summed E-state index contributed by atoms with van der Waals surface area (Å²) < 4.78 is 18.7. The lowest BCUT2D eigenvalue weighted by atomic mass is 10.1. The van der Waals surface area contributed by atoms with Gasteiger partial charge in [0, 0.05) is 17.6 Å². The van der Waals surface area contributed by atoms with Crippen LogP contribution in [-0.4, -0.2) is 5.54 Å². The lowest BCUT2D eigenvalue weighted by Crippen LogP contribution is -3.00. The summed E-state index contributed by atoms with van der Waals surface area (Å²) in [7, 11) is 0. The van der Waals surface area contributed by atoms with Crippen LogP contribution >= 0.6 is 0 Å². The van der Waals surface area contributed by atoms with Gasteiger partial charge in [-0.05, 0) is 44.5 Å². The van der Waals surface area contributed by atoms with Crippen LogP contribution < -0.4 is 22.5 Å². The average Bonchev–Trinajstić information content (AvgIpc) is 2.44. The van der Waals surface area contributed by atoms with E-state index in [2.05, 4.69) is 32.2 Å². The topological polar surface area (TPSA) is 21.3 Å². The van der Waals surface area contributed by atoms with Crippen LogP contribution in [0.25, 0.3) is 0 Å². The van der Waals surface area contributed by atoms with Gasteiger partial charge in [0.1, 0.15) is 18.2 Å². The molecule has 2 aromatic rings. The summed E-state index contributed by atoms with van der Waals surface area (Å²) in [6.07, 6.45) is 0. The van der Waals surface area contributed by atoms with Gasteiger partial charge in [-0.2, -0.15) is 0 Å². The molecule has 22 heavy (non-hydrogen) atoms. The Morgan fingerprint density at radius 1 is 1.00 bits per heavy atom. The zero-order chi connectivity index (χ0) is 15.3. The third-order valence-electron chi connectivity index (χ3n) is 3.09. The molecule has 2 aromatic carbocycles. The predicted octanol–water partition coefficient (Wildman–Crippen LogP) is 1.30. The molecule has 0 spiro atoms. The van der Waals surface area contributed by atoms with E-state index >= 15 is 0 Å². The van der Waals surface area contributed by atoms with Crippen LogP contribution in [0, 0.1) is 5.82 Å². The van der Waals surface area contributed by atoms with Crippen molar-refractivity contribution in [2.24, 2.45) is 0 Å². The minimum Gasteiger partial charge on any atom is -1.00 e. The fourth-order valence-corrected chi connectivity index (χ4v) is 1.89. The maximum atomic E-state index is 12.9. The van der Waals surface area contributed by atoms with Gasteiger partial charge in [-0.15, -0.1) is 0 Å². The maximum absolute atomic E-state index is 12.9. The summed E-state index contributed by atoms with van der Waals surface area (Å²) in [6.45, 7) is 7.59. The third-order valence-corrected chi connectivity index (χ3v) is 3.09. The molecule has 2 rings (SSSR count). The lowest BCUT2D eigenvalue weighted by Gasteiger charge is -2.21. The van der Waals surface area contributed by atoms with Gasteiger partial charge < -0.3 is 22.5 Å². The van der Waals surface area contributed by atoms with Crippen LogP contribution in [0.15, 0.2) is 48.5 Å². The Bertz CT molecular complexity index is 578. The highest BCUT2D eigenvalue weighted by Crippen LogP contribution is 2.20. The first-order chi connectivity index (χ1) is 9.94. The van der Waals surface area contributed by atoms with Gasteiger partial charge >= 0.3 is 0 Å². The number of hydrogen-bond donors (Lipinski definition) is 1. The number of hydrogen-bond acceptors (Lipinski definition) is 2. The monoisotopic (exact) mass is 322 g/mol. The number of nitrogens with one attached hydrogen (secondary N) is 1. The van der Waals surface area contributed by atoms with Gasteiger partial charge in [0.25, 0.3) is 0 Å². The normalized spacial score (nSPS) is 10.9. The minimum atomic E-state index is -0.228. The lowest BCUT2D eigenvalue weighted by molar-refractivity contribution is -0.00000602. The highest BCUT2D eigenvalue weighted by molar-refractivity contribution is 5.33. The van der Waals surface area contributed by atoms with Crippen molar-refractivity contribution >= 4 is 0 Å². The Balaban J connectivity index is 0.00000242. The summed E-state index contributed by atoms with van der Waals surface area (Å²) in [5.41, 5.74) is 2.13. The van der Waals surface area contributed by atoms with Crippen molar-refractivity contribution in [2.45, 2.75) is 39.5 Å². The molecule has 0 heterocycles. The summed E-state index contributed by atoms with van der Waals surface area (Å²) in [5, 5.41) is 3.45. The highest BCUT2D eigenvalue weighted by Gasteiger charge is 2.10. The van der Waals surface area contributed by atoms with Gasteiger partial charge in [-0.25, -0.2) is 4.39 Å². The average molecular weight is 323 g/mol. The molecule has 0 bridgehead atoms. The Morgan fingerprint density at radius 3 is 2.27 bits per heavy atom. The molecule has 0 aliphatic carbocycles. The number of ether oxygens (including phenoxy) is 1. The third kappa shape index (κ3) is 6.04. The second-order valence-electron chi connectivity index (χ2n) is 6.13. The molecule has 0 amide bonds. The molecule has 2 nitrogen and oxygen atoms in total. The second kappa shape index (κ2) is 8.16. The SMILES string of the molecule is CC(C)(C)NCc1ccccc1OCc1ccc(F)cc1.[Cl-]. The molecule has 0 saturated carbocycles. The summed E-state index contributed by atoms with van der Waals surface area (Å²) in [5.74, 6) is 0.632. The Kier molecular flexibility index (Phi) is 6.85. The van der Waals surface area contributed by atoms with Gasteiger partial charge in [-0.1, -0.05) is 30.3 Å². The van der Waals surface area contributed by atoms with Crippen LogP contribution in [-0.2, 0) is 13.2 Å². The number of benzene rings is 2. The second-order valence-corrected chi connectivity index (χ2v) is 6.13. The molecular formula is C18H22ClFNO-. The molecular weight excluding hydrogens is 301 g/mol. The van der Waals surface area contributed by atoms with E-state index < -0.39 is 0 Å². The van der Waals surface area contributed by atoms with Crippen molar-refractivity contribution in [1.29, 1.82) is 0 Å². The van der Waals surface area contributed by atoms with E-state index in [9.17, 15) is 4.39 Å². The fourth-order valence-electron chi connectivity index (χ4n) is 1.89. The van der Waals surface area contributed by atoms with Crippen LogP contribution in [0.4, 0.5) is 4.39 Å². The number of para-hydroxylation sites is 1. The van der Waals surface area contributed by atoms with Crippen LogP contribution in [0.5, 0.6) is 5.75 Å². The molecule has 0 aliphatic heterocycles. The van der Waals surface area contributed by atoms with Gasteiger partial charge in [0.15, 0.2) is 0 Å². The van der Waals surface area contributed by atoms with Crippen molar-refractivity contribution in [3.8, 4) is 5.75 Å². The first kappa shape index (κ1) is 18.5. The van der Waals surface area contributed by atoms with E-state index in [1.807, 2.05) is 18.2 Å². The maximum Gasteiger partial charge on any atom is 0.124 e. The number of rotatable bonds is 5. The molecule has 0 aliphatic rings. The molecule has 4 heteroatoms. The molecule has 0 aromatic heterocycles. The van der Waals surface area contributed by atoms with E-state index in [0.717, 1.165) is 23.4 Å². The largest absolute Gasteiger partial charge is 1.00 e. The van der Waals surface area contributed by atoms with Gasteiger partial charge in [0.2, 0.25) is 0 Å². The molecule has 0 unspecified atom stereocenters. The molecule has 0 fully saturated rings. The molecule has 0 atom stereocenters.